The molecule has 0 aromatic heterocycles. The zero-order valence-electron chi connectivity index (χ0n) is 9.53. The number of barbiturate groups is 1. The van der Waals surface area contributed by atoms with Gasteiger partial charge in [-0.2, -0.15) is 0 Å². The van der Waals surface area contributed by atoms with Crippen LogP contribution < -0.4 is 37.7 Å². The van der Waals surface area contributed by atoms with E-state index in [2.05, 4.69) is 10.6 Å². The monoisotopic (exact) mass is 196 g/mol. The van der Waals surface area contributed by atoms with Crippen LogP contribution in [0.3, 0.4) is 0 Å². The minimum absolute atomic E-state index is 0. The fourth-order valence-electron chi connectivity index (χ4n) is 1.36. The van der Waals surface area contributed by atoms with E-state index in [1.807, 2.05) is 0 Å². The van der Waals surface area contributed by atoms with E-state index < -0.39 is 23.3 Å². The number of nitrogens with zero attached hydrogens (tertiary/aromatic N) is 2. The average Bonchev–Trinajstić information content (AvgIpc) is 2.05. The normalized spacial score (nSPS) is 18.1. The number of hydrogen-bond acceptors (Lipinski definition) is 3. The van der Waals surface area contributed by atoms with Crippen molar-refractivity contribution in [2.24, 2.45) is 5.41 Å². The molecule has 0 unspecified atom stereocenters. The van der Waals surface area contributed by atoms with E-state index in [0.717, 1.165) is 0 Å². The number of urea groups is 1. The minimum Gasteiger partial charge on any atom is -0.611 e. The number of carbonyl (C=O) groups is 3. The standard InChI is InChI=1S/C8H12N2O3.2Li/c1-3-8(4-2)5(11)9-7(13)10-6(8)12;;/h3-4H2,1-2H3,(H2,9,10,11,12,13);;/q;2*+1/p-2. The molecule has 1 rings (SSSR count). The molecule has 0 bridgehead atoms. The molecule has 0 N–H and O–H groups in total. The van der Waals surface area contributed by atoms with Crippen LogP contribution in [0.2, 0.25) is 0 Å². The minimum atomic E-state index is -1.17. The molecular formula is C8H10Li2N2O3. The molecular weight excluding hydrogens is 186 g/mol. The van der Waals surface area contributed by atoms with Gasteiger partial charge in [-0.15, -0.1) is 0 Å². The fraction of sp³-hybridized carbons (Fsp3) is 0.625. The molecule has 0 aromatic rings. The number of carbonyl (C=O) groups excluding carboxylic acids is 3. The Bertz CT molecular complexity index is 255. The van der Waals surface area contributed by atoms with Crippen molar-refractivity contribution in [2.45, 2.75) is 26.7 Å². The molecule has 7 heteroatoms. The first-order chi connectivity index (χ1) is 6.06. The van der Waals surface area contributed by atoms with Crippen molar-refractivity contribution in [1.82, 2.24) is 0 Å². The van der Waals surface area contributed by atoms with Crippen molar-refractivity contribution in [3.63, 3.8) is 0 Å². The van der Waals surface area contributed by atoms with Gasteiger partial charge in [0.25, 0.3) is 0 Å². The summed E-state index contributed by atoms with van der Waals surface area (Å²) in [4.78, 5) is 33.3. The molecule has 1 saturated heterocycles. The van der Waals surface area contributed by atoms with Crippen LogP contribution in [0.4, 0.5) is 4.79 Å². The summed E-state index contributed by atoms with van der Waals surface area (Å²) in [6.45, 7) is 3.42. The molecule has 1 heterocycles. The van der Waals surface area contributed by atoms with Crippen molar-refractivity contribution in [2.75, 3.05) is 0 Å². The average molecular weight is 196 g/mol. The van der Waals surface area contributed by atoms with Crippen molar-refractivity contribution in [1.29, 1.82) is 0 Å². The van der Waals surface area contributed by atoms with Crippen LogP contribution in [0.25, 0.3) is 10.6 Å². The first-order valence-corrected chi connectivity index (χ1v) is 4.13. The van der Waals surface area contributed by atoms with Crippen LogP contribution >= 0.6 is 0 Å². The maximum atomic E-state index is 11.3. The molecule has 1 aliphatic heterocycles. The number of rotatable bonds is 2. The second kappa shape index (κ2) is 6.40. The van der Waals surface area contributed by atoms with Gasteiger partial charge in [-0.1, -0.05) is 13.8 Å². The quantitative estimate of drug-likeness (QED) is 0.331. The zero-order chi connectivity index (χ0) is 10.1. The molecule has 1 fully saturated rings. The van der Waals surface area contributed by atoms with Gasteiger partial charge >= 0.3 is 37.7 Å². The van der Waals surface area contributed by atoms with Gasteiger partial charge < -0.3 is 25.0 Å². The molecule has 1 aliphatic rings. The largest absolute Gasteiger partial charge is 1.00 e. The molecule has 15 heavy (non-hydrogen) atoms. The number of imide groups is 2. The third kappa shape index (κ3) is 2.89. The third-order valence-corrected chi connectivity index (χ3v) is 2.42. The van der Waals surface area contributed by atoms with Gasteiger partial charge in [-0.25, -0.2) is 0 Å². The van der Waals surface area contributed by atoms with Gasteiger partial charge in [0, 0.05) is 0 Å². The summed E-state index contributed by atoms with van der Waals surface area (Å²) in [6, 6.07) is -0.979. The van der Waals surface area contributed by atoms with Gasteiger partial charge in [0.1, 0.15) is 0 Å². The van der Waals surface area contributed by atoms with Crippen LogP contribution in [0.15, 0.2) is 0 Å². The Morgan fingerprint density at radius 1 is 0.933 bits per heavy atom. The second-order valence-electron chi connectivity index (χ2n) is 2.91. The first kappa shape index (κ1) is 17.2. The summed E-state index contributed by atoms with van der Waals surface area (Å²) in [5, 5.41) is 6.33. The molecule has 0 atom stereocenters. The van der Waals surface area contributed by atoms with E-state index in [4.69, 9.17) is 0 Å². The fourth-order valence-corrected chi connectivity index (χ4v) is 1.36. The Kier molecular flexibility index (Phi) is 7.34. The van der Waals surface area contributed by atoms with E-state index in [-0.39, 0.29) is 37.7 Å². The second-order valence-corrected chi connectivity index (χ2v) is 2.91. The topological polar surface area (TPSA) is 79.4 Å². The predicted molar refractivity (Wildman–Crippen MR) is 45.1 cm³/mol. The zero-order valence-corrected chi connectivity index (χ0v) is 9.53. The Morgan fingerprint density at radius 3 is 1.53 bits per heavy atom. The van der Waals surface area contributed by atoms with Crippen LogP contribution in [0.1, 0.15) is 26.7 Å². The Hall–Kier alpha value is -0.195. The van der Waals surface area contributed by atoms with Gasteiger partial charge in [0.15, 0.2) is 0 Å². The van der Waals surface area contributed by atoms with E-state index in [9.17, 15) is 14.4 Å². The molecule has 0 spiro atoms. The van der Waals surface area contributed by atoms with E-state index >= 15 is 0 Å². The summed E-state index contributed by atoms with van der Waals surface area (Å²) in [7, 11) is 0. The van der Waals surface area contributed by atoms with Crippen LogP contribution in [0.5, 0.6) is 0 Å². The van der Waals surface area contributed by atoms with Gasteiger partial charge in [0.05, 0.1) is 17.2 Å². The van der Waals surface area contributed by atoms with E-state index in [1.54, 1.807) is 13.8 Å². The summed E-state index contributed by atoms with van der Waals surface area (Å²) < 4.78 is 0. The van der Waals surface area contributed by atoms with E-state index in [1.165, 1.54) is 0 Å². The first-order valence-electron chi connectivity index (χ1n) is 4.13. The predicted octanol–water partition coefficient (Wildman–Crippen LogP) is -4.26. The summed E-state index contributed by atoms with van der Waals surface area (Å²) in [6.07, 6.45) is 0.670. The van der Waals surface area contributed by atoms with Crippen LogP contribution in [0, 0.1) is 5.41 Å². The molecule has 4 amide bonds. The number of hydrogen-bond donors (Lipinski definition) is 0. The van der Waals surface area contributed by atoms with Crippen LogP contribution in [-0.4, -0.2) is 17.8 Å². The SMILES string of the molecule is CCC1(CC)C(=O)[N-]C(=O)[N-]C1=O.[Li+].[Li+]. The number of amides is 4. The maximum Gasteiger partial charge on any atom is 1.00 e. The van der Waals surface area contributed by atoms with Crippen molar-refractivity contribution in [3.8, 4) is 0 Å². The Balaban J connectivity index is 0. The van der Waals surface area contributed by atoms with Gasteiger partial charge in [-0.05, 0) is 18.9 Å². The molecule has 72 valence electrons. The Morgan fingerprint density at radius 2 is 1.27 bits per heavy atom. The molecule has 0 radical (unpaired) electrons. The van der Waals surface area contributed by atoms with Crippen molar-refractivity contribution < 1.29 is 52.1 Å². The summed E-state index contributed by atoms with van der Waals surface area (Å²) in [5.41, 5.74) is -1.17. The summed E-state index contributed by atoms with van der Waals surface area (Å²) >= 11 is 0. The Labute approximate surface area is 112 Å². The van der Waals surface area contributed by atoms with Crippen LogP contribution in [-0.2, 0) is 9.59 Å². The maximum absolute atomic E-state index is 11.3. The van der Waals surface area contributed by atoms with Crippen molar-refractivity contribution >= 4 is 17.8 Å². The molecule has 0 aliphatic carbocycles. The molecule has 5 nitrogen and oxygen atoms in total. The van der Waals surface area contributed by atoms with E-state index in [0.29, 0.717) is 12.8 Å². The molecule has 0 aromatic carbocycles. The summed E-state index contributed by atoms with van der Waals surface area (Å²) in [5.74, 6) is -1.30. The smallest absolute Gasteiger partial charge is 0.611 e. The third-order valence-electron chi connectivity index (χ3n) is 2.42. The van der Waals surface area contributed by atoms with Gasteiger partial charge in [0.2, 0.25) is 0 Å². The van der Waals surface area contributed by atoms with Gasteiger partial charge in [-0.3, -0.25) is 0 Å². The van der Waals surface area contributed by atoms with Crippen molar-refractivity contribution in [3.05, 3.63) is 10.6 Å². The molecule has 0 saturated carbocycles.